The van der Waals surface area contributed by atoms with Crippen molar-refractivity contribution in [3.8, 4) is 0 Å². The van der Waals surface area contributed by atoms with Crippen LogP contribution in [0.2, 0.25) is 0 Å². The lowest BCUT2D eigenvalue weighted by Crippen LogP contribution is -2.15. The Balaban J connectivity index is 0. The lowest BCUT2D eigenvalue weighted by Gasteiger charge is -2.04. The van der Waals surface area contributed by atoms with Gasteiger partial charge in [0.2, 0.25) is 0 Å². The Morgan fingerprint density at radius 3 is 2.20 bits per heavy atom. The van der Waals surface area contributed by atoms with Gasteiger partial charge in [-0.15, -0.1) is 0 Å². The van der Waals surface area contributed by atoms with E-state index in [1.807, 2.05) is 27.8 Å². The molecule has 1 atom stereocenters. The molecule has 2 N–H and O–H groups in total. The van der Waals surface area contributed by atoms with E-state index in [0.29, 0.717) is 0 Å². The first kappa shape index (κ1) is 12.6. The van der Waals surface area contributed by atoms with Crippen LogP contribution in [-0.4, -0.2) is 24.8 Å². The molecule has 0 saturated carbocycles. The highest BCUT2D eigenvalue weighted by Crippen LogP contribution is 1.92. The molecule has 0 saturated heterocycles. The van der Waals surface area contributed by atoms with Gasteiger partial charge in [-0.1, -0.05) is 20.8 Å². The van der Waals surface area contributed by atoms with Gasteiger partial charge in [-0.25, -0.2) is 0 Å². The lowest BCUT2D eigenvalue weighted by atomic mass is 10.2. The summed E-state index contributed by atoms with van der Waals surface area (Å²) in [5, 5.41) is 11.9. The molecule has 0 aliphatic rings. The van der Waals surface area contributed by atoms with Crippen molar-refractivity contribution in [1.82, 2.24) is 5.32 Å². The summed E-state index contributed by atoms with van der Waals surface area (Å²) >= 11 is 0. The maximum absolute atomic E-state index is 8.95. The zero-order chi connectivity index (χ0) is 8.41. The van der Waals surface area contributed by atoms with Crippen LogP contribution in [0.3, 0.4) is 0 Å². The van der Waals surface area contributed by atoms with Crippen LogP contribution < -0.4 is 5.32 Å². The van der Waals surface area contributed by atoms with Crippen molar-refractivity contribution in [3.63, 3.8) is 0 Å². The number of nitrogens with one attached hydrogen (secondary N) is 1. The van der Waals surface area contributed by atoms with Crippen LogP contribution in [0.5, 0.6) is 0 Å². The van der Waals surface area contributed by atoms with E-state index >= 15 is 0 Å². The van der Waals surface area contributed by atoms with Gasteiger partial charge >= 0.3 is 0 Å². The van der Waals surface area contributed by atoms with Crippen LogP contribution in [0.1, 0.15) is 33.6 Å². The highest BCUT2D eigenvalue weighted by Gasteiger charge is 1.96. The molecule has 0 rings (SSSR count). The number of aliphatic hydroxyl groups excluding tert-OH is 1. The second-order valence-electron chi connectivity index (χ2n) is 1.95. The van der Waals surface area contributed by atoms with Gasteiger partial charge in [-0.05, 0) is 26.4 Å². The Kier molecular flexibility index (Phi) is 14.7. The third-order valence-corrected chi connectivity index (χ3v) is 1.20. The highest BCUT2D eigenvalue weighted by atomic mass is 16.3. The summed E-state index contributed by atoms with van der Waals surface area (Å²) in [6, 6.07) is 0. The summed E-state index contributed by atoms with van der Waals surface area (Å²) in [5.74, 6) is 0. The molecule has 0 aromatic heterocycles. The molecule has 0 spiro atoms. The van der Waals surface area contributed by atoms with Crippen LogP contribution in [0.25, 0.3) is 0 Å². The monoisotopic (exact) mass is 147 g/mol. The second kappa shape index (κ2) is 11.7. The molecule has 0 aromatic rings. The van der Waals surface area contributed by atoms with Gasteiger partial charge in [-0.2, -0.15) is 0 Å². The van der Waals surface area contributed by atoms with Crippen LogP contribution in [-0.2, 0) is 0 Å². The molecule has 0 fully saturated rings. The molecular formula is C8H21NO. The van der Waals surface area contributed by atoms with Crippen LogP contribution in [0, 0.1) is 0 Å². The van der Waals surface area contributed by atoms with Crippen LogP contribution in [0.4, 0.5) is 0 Å². The summed E-state index contributed by atoms with van der Waals surface area (Å²) in [5.41, 5.74) is 0. The molecule has 10 heavy (non-hydrogen) atoms. The first-order valence-electron chi connectivity index (χ1n) is 4.14. The fourth-order valence-electron chi connectivity index (χ4n) is 0.515. The molecule has 0 aromatic carbocycles. The smallest absolute Gasteiger partial charge is 0.0549 e. The van der Waals surface area contributed by atoms with Gasteiger partial charge < -0.3 is 10.4 Å². The van der Waals surface area contributed by atoms with Crippen molar-refractivity contribution < 1.29 is 5.11 Å². The Hall–Kier alpha value is -0.0800. The molecule has 1 unspecified atom stereocenters. The van der Waals surface area contributed by atoms with Crippen molar-refractivity contribution in [2.45, 2.75) is 39.7 Å². The predicted molar refractivity (Wildman–Crippen MR) is 46.2 cm³/mol. The first-order chi connectivity index (χ1) is 4.81. The first-order valence-corrected chi connectivity index (χ1v) is 4.14. The third kappa shape index (κ3) is 10.8. The largest absolute Gasteiger partial charge is 0.393 e. The van der Waals surface area contributed by atoms with Crippen LogP contribution >= 0.6 is 0 Å². The molecule has 0 aliphatic carbocycles. The van der Waals surface area contributed by atoms with E-state index in [9.17, 15) is 0 Å². The number of hydrogen-bond donors (Lipinski definition) is 2. The summed E-state index contributed by atoms with van der Waals surface area (Å²) < 4.78 is 0. The van der Waals surface area contributed by atoms with Crippen molar-refractivity contribution in [2.75, 3.05) is 13.6 Å². The average molecular weight is 147 g/mol. The normalized spacial score (nSPS) is 11.7. The van der Waals surface area contributed by atoms with Gasteiger partial charge in [0, 0.05) is 0 Å². The minimum absolute atomic E-state index is 0.109. The van der Waals surface area contributed by atoms with Gasteiger partial charge in [-0.3, -0.25) is 0 Å². The molecule has 2 heteroatoms. The van der Waals surface area contributed by atoms with E-state index in [-0.39, 0.29) is 6.10 Å². The van der Waals surface area contributed by atoms with Crippen LogP contribution in [0.15, 0.2) is 0 Å². The van der Waals surface area contributed by atoms with Crippen molar-refractivity contribution >= 4 is 0 Å². The van der Waals surface area contributed by atoms with Crippen molar-refractivity contribution in [2.24, 2.45) is 0 Å². The molecular weight excluding hydrogens is 126 g/mol. The fraction of sp³-hybridized carbons (Fsp3) is 1.00. The quantitative estimate of drug-likeness (QED) is 0.630. The SMILES string of the molecule is CC.CCC(O)CCNC. The van der Waals surface area contributed by atoms with E-state index in [1.165, 1.54) is 0 Å². The fourth-order valence-corrected chi connectivity index (χ4v) is 0.515. The zero-order valence-electron chi connectivity index (χ0n) is 7.65. The van der Waals surface area contributed by atoms with Gasteiger partial charge in [0.25, 0.3) is 0 Å². The molecule has 0 bridgehead atoms. The minimum atomic E-state index is -0.109. The maximum Gasteiger partial charge on any atom is 0.0549 e. The minimum Gasteiger partial charge on any atom is -0.393 e. The molecule has 64 valence electrons. The number of hydrogen-bond acceptors (Lipinski definition) is 2. The van der Waals surface area contributed by atoms with E-state index in [1.54, 1.807) is 0 Å². The zero-order valence-corrected chi connectivity index (χ0v) is 7.65. The van der Waals surface area contributed by atoms with E-state index in [4.69, 9.17) is 5.11 Å². The summed E-state index contributed by atoms with van der Waals surface area (Å²) in [6.45, 7) is 6.90. The Bertz CT molecular complexity index is 48.5. The van der Waals surface area contributed by atoms with E-state index < -0.39 is 0 Å². The molecule has 0 amide bonds. The average Bonchev–Trinajstić information content (AvgIpc) is 2.04. The number of aliphatic hydroxyl groups is 1. The van der Waals surface area contributed by atoms with Crippen molar-refractivity contribution in [3.05, 3.63) is 0 Å². The van der Waals surface area contributed by atoms with E-state index in [0.717, 1.165) is 19.4 Å². The van der Waals surface area contributed by atoms with E-state index in [2.05, 4.69) is 5.32 Å². The molecule has 0 heterocycles. The van der Waals surface area contributed by atoms with Gasteiger partial charge in [0.1, 0.15) is 0 Å². The van der Waals surface area contributed by atoms with Gasteiger partial charge in [0.05, 0.1) is 6.10 Å². The predicted octanol–water partition coefficient (Wildman–Crippen LogP) is 1.39. The summed E-state index contributed by atoms with van der Waals surface area (Å²) in [7, 11) is 1.89. The Labute approximate surface area is 64.6 Å². The molecule has 0 radical (unpaired) electrons. The number of rotatable bonds is 4. The highest BCUT2D eigenvalue weighted by molar-refractivity contribution is 4.52. The molecule has 2 nitrogen and oxygen atoms in total. The van der Waals surface area contributed by atoms with Crippen molar-refractivity contribution in [1.29, 1.82) is 0 Å². The second-order valence-corrected chi connectivity index (χ2v) is 1.95. The topological polar surface area (TPSA) is 32.3 Å². The Morgan fingerprint density at radius 1 is 1.40 bits per heavy atom. The maximum atomic E-state index is 8.95. The Morgan fingerprint density at radius 2 is 1.90 bits per heavy atom. The van der Waals surface area contributed by atoms with Gasteiger partial charge in [0.15, 0.2) is 0 Å². The summed E-state index contributed by atoms with van der Waals surface area (Å²) in [6.07, 6.45) is 1.62. The standard InChI is InChI=1S/C6H15NO.C2H6/c1-3-6(8)4-5-7-2;1-2/h6-8H,3-5H2,1-2H3;1-2H3. The lowest BCUT2D eigenvalue weighted by molar-refractivity contribution is 0.160. The summed E-state index contributed by atoms with van der Waals surface area (Å²) in [4.78, 5) is 0. The molecule has 0 aliphatic heterocycles. The third-order valence-electron chi connectivity index (χ3n) is 1.20.